The molecule has 2 atom stereocenters. The van der Waals surface area contributed by atoms with Gasteiger partial charge < -0.3 is 14.8 Å². The lowest BCUT2D eigenvalue weighted by molar-refractivity contribution is -0.0828. The molecular weight excluding hydrogens is 320 g/mol. The number of hydrogen-bond donors (Lipinski definition) is 1. The number of aryl methyl sites for hydroxylation is 1. The van der Waals surface area contributed by atoms with Gasteiger partial charge in [-0.1, -0.05) is 0 Å². The Labute approximate surface area is 148 Å². The molecule has 0 saturated carbocycles. The molecule has 7 heteroatoms. The van der Waals surface area contributed by atoms with E-state index in [0.717, 1.165) is 65.0 Å². The van der Waals surface area contributed by atoms with Crippen LogP contribution < -0.4 is 5.32 Å². The van der Waals surface area contributed by atoms with E-state index in [1.165, 1.54) is 0 Å². The highest BCUT2D eigenvalue weighted by atomic mass is 16.5. The number of aromatic nitrogens is 2. The molecule has 0 unspecified atom stereocenters. The van der Waals surface area contributed by atoms with Crippen LogP contribution in [0.5, 0.6) is 0 Å². The molecule has 1 amide bonds. The van der Waals surface area contributed by atoms with Crippen molar-refractivity contribution in [1.82, 2.24) is 20.0 Å². The first-order valence-corrected chi connectivity index (χ1v) is 9.39. The van der Waals surface area contributed by atoms with Crippen LogP contribution in [0.2, 0.25) is 0 Å². The van der Waals surface area contributed by atoms with Crippen molar-refractivity contribution in [2.24, 2.45) is 7.05 Å². The molecule has 3 saturated heterocycles. The molecule has 0 aromatic carbocycles. The lowest BCUT2D eigenvalue weighted by Gasteiger charge is -2.39. The Balaban J connectivity index is 1.35. The maximum Gasteiger partial charge on any atom is 0.254 e. The second kappa shape index (κ2) is 7.05. The Bertz CT molecular complexity index is 613. The normalized spacial score (nSPS) is 31.5. The third-order valence-corrected chi connectivity index (χ3v) is 5.85. The van der Waals surface area contributed by atoms with Crippen molar-refractivity contribution in [2.75, 3.05) is 32.9 Å². The molecule has 25 heavy (non-hydrogen) atoms. The van der Waals surface area contributed by atoms with Crippen molar-refractivity contribution in [3.63, 3.8) is 0 Å². The Morgan fingerprint density at radius 3 is 2.92 bits per heavy atom. The van der Waals surface area contributed by atoms with Crippen LogP contribution in [0.15, 0.2) is 12.4 Å². The fraction of sp³-hybridized carbons (Fsp3) is 0.778. The summed E-state index contributed by atoms with van der Waals surface area (Å²) in [6.07, 6.45) is 8.46. The largest absolute Gasteiger partial charge is 0.381 e. The zero-order valence-corrected chi connectivity index (χ0v) is 14.9. The molecule has 138 valence electrons. The highest BCUT2D eigenvalue weighted by Crippen LogP contribution is 2.36. The third kappa shape index (κ3) is 3.73. The average molecular weight is 348 g/mol. The van der Waals surface area contributed by atoms with Gasteiger partial charge in [0.05, 0.1) is 17.4 Å². The number of nitrogens with zero attached hydrogens (tertiary/aromatic N) is 3. The van der Waals surface area contributed by atoms with Crippen LogP contribution >= 0.6 is 0 Å². The van der Waals surface area contributed by atoms with Crippen molar-refractivity contribution >= 4 is 5.91 Å². The minimum Gasteiger partial charge on any atom is -0.381 e. The molecule has 3 aliphatic rings. The minimum atomic E-state index is -0.0938. The number of carbonyl (C=O) groups excluding carboxylic acids is 1. The van der Waals surface area contributed by atoms with Gasteiger partial charge in [0.1, 0.15) is 0 Å². The highest BCUT2D eigenvalue weighted by Gasteiger charge is 2.45. The number of amides is 1. The van der Waals surface area contributed by atoms with Crippen LogP contribution in [-0.2, 0) is 16.5 Å². The summed E-state index contributed by atoms with van der Waals surface area (Å²) >= 11 is 0. The van der Waals surface area contributed by atoms with Crippen molar-refractivity contribution in [3.05, 3.63) is 18.0 Å². The van der Waals surface area contributed by atoms with Crippen LogP contribution in [0.3, 0.4) is 0 Å². The van der Waals surface area contributed by atoms with E-state index in [9.17, 15) is 4.79 Å². The monoisotopic (exact) mass is 348 g/mol. The summed E-state index contributed by atoms with van der Waals surface area (Å²) in [4.78, 5) is 15.0. The summed E-state index contributed by atoms with van der Waals surface area (Å²) in [5, 5.41) is 7.26. The highest BCUT2D eigenvalue weighted by molar-refractivity contribution is 5.93. The van der Waals surface area contributed by atoms with Crippen LogP contribution in [0.4, 0.5) is 0 Å². The van der Waals surface area contributed by atoms with Crippen LogP contribution in [0, 0.1) is 0 Å². The van der Waals surface area contributed by atoms with Gasteiger partial charge >= 0.3 is 0 Å². The van der Waals surface area contributed by atoms with Crippen molar-refractivity contribution in [3.8, 4) is 0 Å². The van der Waals surface area contributed by atoms with Gasteiger partial charge in [-0.15, -0.1) is 0 Å². The van der Waals surface area contributed by atoms with E-state index in [0.29, 0.717) is 11.6 Å². The van der Waals surface area contributed by atoms with E-state index >= 15 is 0 Å². The fourth-order valence-electron chi connectivity index (χ4n) is 4.48. The van der Waals surface area contributed by atoms with E-state index in [1.807, 2.05) is 7.05 Å². The number of likely N-dealkylation sites (tertiary alicyclic amines) is 1. The fourth-order valence-corrected chi connectivity index (χ4v) is 4.48. The molecule has 4 heterocycles. The summed E-state index contributed by atoms with van der Waals surface area (Å²) in [7, 11) is 1.82. The average Bonchev–Trinajstić information content (AvgIpc) is 3.23. The molecule has 7 nitrogen and oxygen atoms in total. The molecular formula is C18H28N4O3. The van der Waals surface area contributed by atoms with Crippen molar-refractivity contribution < 1.29 is 14.3 Å². The molecule has 3 aliphatic heterocycles. The molecule has 4 rings (SSSR count). The molecule has 0 radical (unpaired) electrons. The quantitative estimate of drug-likeness (QED) is 0.881. The van der Waals surface area contributed by atoms with Crippen molar-refractivity contribution in [1.29, 1.82) is 0 Å². The van der Waals surface area contributed by atoms with Gasteiger partial charge in [-0.05, 0) is 32.1 Å². The first-order chi connectivity index (χ1) is 12.1. The smallest absolute Gasteiger partial charge is 0.254 e. The van der Waals surface area contributed by atoms with Crippen LogP contribution in [0.25, 0.3) is 0 Å². The lowest BCUT2D eigenvalue weighted by atomic mass is 9.89. The van der Waals surface area contributed by atoms with Crippen molar-refractivity contribution in [2.45, 2.75) is 49.8 Å². The van der Waals surface area contributed by atoms with Crippen LogP contribution in [-0.4, -0.2) is 71.2 Å². The van der Waals surface area contributed by atoms with E-state index < -0.39 is 0 Å². The number of carbonyl (C=O) groups is 1. The molecule has 3 fully saturated rings. The van der Waals surface area contributed by atoms with Gasteiger partial charge in [0.2, 0.25) is 0 Å². The van der Waals surface area contributed by atoms with Gasteiger partial charge in [-0.3, -0.25) is 14.4 Å². The number of nitrogens with one attached hydrogen (secondary N) is 1. The number of ether oxygens (including phenoxy) is 2. The topological polar surface area (TPSA) is 68.6 Å². The van der Waals surface area contributed by atoms with E-state index in [1.54, 1.807) is 17.1 Å². The molecule has 1 spiro atoms. The van der Waals surface area contributed by atoms with Crippen LogP contribution in [0.1, 0.15) is 42.5 Å². The van der Waals surface area contributed by atoms with Gasteiger partial charge in [-0.2, -0.15) is 5.10 Å². The molecule has 1 aromatic heterocycles. The van der Waals surface area contributed by atoms with Gasteiger partial charge in [0.25, 0.3) is 5.91 Å². The Morgan fingerprint density at radius 1 is 1.32 bits per heavy atom. The first-order valence-electron chi connectivity index (χ1n) is 9.39. The van der Waals surface area contributed by atoms with E-state index in [2.05, 4.69) is 15.3 Å². The summed E-state index contributed by atoms with van der Waals surface area (Å²) < 4.78 is 13.4. The Hall–Kier alpha value is -1.44. The summed E-state index contributed by atoms with van der Waals surface area (Å²) in [6, 6.07) is 0.804. The first kappa shape index (κ1) is 17.0. The predicted molar refractivity (Wildman–Crippen MR) is 92.4 cm³/mol. The standard InChI is InChI=1S/C18H28N4O3/c1-21-12-14(11-19-21)17(23)20-15-2-9-25-18(10-15)5-6-22(13-18)16-3-7-24-8-4-16/h11-12,15-16H,2-10,13H2,1H3,(H,20,23)/t15-,18-/m0/s1. The SMILES string of the molecule is Cn1cc(C(=O)N[C@H]2CCO[C@@]3(CCN(C4CCOCC4)C3)C2)cn1. The Kier molecular flexibility index (Phi) is 4.80. The third-order valence-electron chi connectivity index (χ3n) is 5.85. The second-order valence-corrected chi connectivity index (χ2v) is 7.66. The van der Waals surface area contributed by atoms with Gasteiger partial charge in [0, 0.05) is 58.2 Å². The van der Waals surface area contributed by atoms with E-state index in [4.69, 9.17) is 9.47 Å². The Morgan fingerprint density at radius 2 is 2.16 bits per heavy atom. The van der Waals surface area contributed by atoms with E-state index in [-0.39, 0.29) is 17.6 Å². The molecule has 0 bridgehead atoms. The molecule has 0 aliphatic carbocycles. The summed E-state index contributed by atoms with van der Waals surface area (Å²) in [5.74, 6) is -0.0329. The lowest BCUT2D eigenvalue weighted by Crippen LogP contribution is -2.50. The predicted octanol–water partition coefficient (Wildman–Crippen LogP) is 0.952. The maximum atomic E-state index is 12.4. The zero-order chi connectivity index (χ0) is 17.3. The molecule has 1 aromatic rings. The summed E-state index contributed by atoms with van der Waals surface area (Å²) in [5.41, 5.74) is 0.530. The minimum absolute atomic E-state index is 0.0329. The second-order valence-electron chi connectivity index (χ2n) is 7.66. The summed E-state index contributed by atoms with van der Waals surface area (Å²) in [6.45, 7) is 4.54. The number of rotatable bonds is 3. The number of hydrogen-bond acceptors (Lipinski definition) is 5. The van der Waals surface area contributed by atoms with Gasteiger partial charge in [0.15, 0.2) is 0 Å². The van der Waals surface area contributed by atoms with Gasteiger partial charge in [-0.25, -0.2) is 0 Å². The maximum absolute atomic E-state index is 12.4. The molecule has 1 N–H and O–H groups in total. The zero-order valence-electron chi connectivity index (χ0n) is 14.9.